The zero-order valence-corrected chi connectivity index (χ0v) is 14.7. The summed E-state index contributed by atoms with van der Waals surface area (Å²) >= 11 is 0. The number of nitrogens with one attached hydrogen (secondary N) is 1. The minimum absolute atomic E-state index is 0.165. The minimum Gasteiger partial charge on any atom is -0.490 e. The average Bonchev–Trinajstić information content (AvgIpc) is 2.62. The number of para-hydroxylation sites is 3. The van der Waals surface area contributed by atoms with E-state index in [9.17, 15) is 4.79 Å². The summed E-state index contributed by atoms with van der Waals surface area (Å²) in [5.74, 6) is 1.23. The Labute approximate surface area is 147 Å². The van der Waals surface area contributed by atoms with Crippen molar-refractivity contribution in [2.75, 3.05) is 37.5 Å². The Bertz CT molecular complexity index is 812. The van der Waals surface area contributed by atoms with Gasteiger partial charge in [-0.05, 0) is 31.2 Å². The van der Waals surface area contributed by atoms with Crippen molar-refractivity contribution in [2.45, 2.75) is 6.92 Å². The predicted molar refractivity (Wildman–Crippen MR) is 100 cm³/mol. The van der Waals surface area contributed by atoms with Gasteiger partial charge in [0, 0.05) is 19.7 Å². The Morgan fingerprint density at radius 1 is 1.20 bits per heavy atom. The maximum atomic E-state index is 12.7. The molecule has 2 aromatic carbocycles. The van der Waals surface area contributed by atoms with E-state index in [1.807, 2.05) is 74.5 Å². The first-order valence-corrected chi connectivity index (χ1v) is 8.27. The van der Waals surface area contributed by atoms with Gasteiger partial charge in [0.25, 0.3) is 5.91 Å². The van der Waals surface area contributed by atoms with Gasteiger partial charge in [0.1, 0.15) is 6.61 Å². The molecule has 1 aliphatic rings. The Morgan fingerprint density at radius 3 is 2.76 bits per heavy atom. The van der Waals surface area contributed by atoms with Gasteiger partial charge < -0.3 is 19.7 Å². The van der Waals surface area contributed by atoms with Crippen molar-refractivity contribution < 1.29 is 14.3 Å². The molecule has 0 aliphatic carbocycles. The van der Waals surface area contributed by atoms with Gasteiger partial charge in [0.05, 0.1) is 23.6 Å². The topological polar surface area (TPSA) is 50.8 Å². The first kappa shape index (κ1) is 16.9. The first-order valence-electron chi connectivity index (χ1n) is 8.27. The Morgan fingerprint density at radius 2 is 2.00 bits per heavy atom. The Hall–Kier alpha value is -2.95. The molecule has 0 aromatic heterocycles. The van der Waals surface area contributed by atoms with E-state index in [4.69, 9.17) is 9.47 Å². The van der Waals surface area contributed by atoms with Crippen LogP contribution in [0.25, 0.3) is 6.08 Å². The molecule has 0 radical (unpaired) electrons. The molecule has 0 unspecified atom stereocenters. The van der Waals surface area contributed by atoms with Crippen molar-refractivity contribution in [1.29, 1.82) is 0 Å². The van der Waals surface area contributed by atoms with Crippen molar-refractivity contribution in [2.24, 2.45) is 0 Å². The third kappa shape index (κ3) is 3.60. The lowest BCUT2D eigenvalue weighted by Gasteiger charge is -2.21. The smallest absolute Gasteiger partial charge is 0.255 e. The highest BCUT2D eigenvalue weighted by Gasteiger charge is 2.21. The highest BCUT2D eigenvalue weighted by Crippen LogP contribution is 2.36. The fraction of sp³-hybridized carbons (Fsp3) is 0.250. The number of carbonyl (C=O) groups excluding carboxylic acids is 1. The normalized spacial score (nSPS) is 12.5. The van der Waals surface area contributed by atoms with Crippen LogP contribution in [0.3, 0.4) is 0 Å². The molecule has 1 heterocycles. The lowest BCUT2D eigenvalue weighted by atomic mass is 10.1. The SMILES string of the molecule is CCOc1cccc2c1OCC(C(=O)Nc1ccccc1N(C)C)=C2. The number of ether oxygens (including phenoxy) is 2. The van der Waals surface area contributed by atoms with Crippen LogP contribution < -0.4 is 19.7 Å². The fourth-order valence-corrected chi connectivity index (χ4v) is 2.75. The molecule has 130 valence electrons. The van der Waals surface area contributed by atoms with Crippen LogP contribution >= 0.6 is 0 Å². The molecule has 0 saturated carbocycles. The Kier molecular flexibility index (Phi) is 4.93. The molecule has 0 atom stereocenters. The van der Waals surface area contributed by atoms with E-state index in [-0.39, 0.29) is 12.5 Å². The zero-order valence-electron chi connectivity index (χ0n) is 14.7. The van der Waals surface area contributed by atoms with E-state index in [1.165, 1.54) is 0 Å². The summed E-state index contributed by atoms with van der Waals surface area (Å²) in [5.41, 5.74) is 3.15. The number of rotatable bonds is 5. The van der Waals surface area contributed by atoms with Crippen LogP contribution in [0.4, 0.5) is 11.4 Å². The standard InChI is InChI=1S/C20H22N2O3/c1-4-24-18-11-7-8-14-12-15(13-25-19(14)18)20(23)21-16-9-5-6-10-17(16)22(2)3/h5-12H,4,13H2,1-3H3,(H,21,23). The summed E-state index contributed by atoms with van der Waals surface area (Å²) in [7, 11) is 3.89. The van der Waals surface area contributed by atoms with Crippen LogP contribution in [0, 0.1) is 0 Å². The second-order valence-corrected chi connectivity index (χ2v) is 5.93. The number of hydrogen-bond acceptors (Lipinski definition) is 4. The quantitative estimate of drug-likeness (QED) is 0.905. The molecule has 5 nitrogen and oxygen atoms in total. The van der Waals surface area contributed by atoms with E-state index < -0.39 is 0 Å². The van der Waals surface area contributed by atoms with Gasteiger partial charge in [-0.25, -0.2) is 0 Å². The summed E-state index contributed by atoms with van der Waals surface area (Å²) in [5, 5.41) is 2.97. The second-order valence-electron chi connectivity index (χ2n) is 5.93. The maximum Gasteiger partial charge on any atom is 0.255 e. The summed E-state index contributed by atoms with van der Waals surface area (Å²) in [6, 6.07) is 13.4. The van der Waals surface area contributed by atoms with Crippen LogP contribution in [0.5, 0.6) is 11.5 Å². The number of fused-ring (bicyclic) bond motifs is 1. The Balaban J connectivity index is 1.84. The summed E-state index contributed by atoms with van der Waals surface area (Å²) in [6.45, 7) is 2.71. The molecule has 25 heavy (non-hydrogen) atoms. The number of carbonyl (C=O) groups is 1. The molecule has 1 amide bonds. The predicted octanol–water partition coefficient (Wildman–Crippen LogP) is 3.57. The molecule has 0 bridgehead atoms. The molecular weight excluding hydrogens is 316 g/mol. The maximum absolute atomic E-state index is 12.7. The molecule has 1 aliphatic heterocycles. The third-order valence-corrected chi connectivity index (χ3v) is 3.94. The van der Waals surface area contributed by atoms with Gasteiger partial charge >= 0.3 is 0 Å². The van der Waals surface area contributed by atoms with E-state index in [0.717, 1.165) is 16.9 Å². The van der Waals surface area contributed by atoms with Crippen molar-refractivity contribution in [3.63, 3.8) is 0 Å². The zero-order chi connectivity index (χ0) is 17.8. The van der Waals surface area contributed by atoms with Gasteiger partial charge in [-0.1, -0.05) is 24.3 Å². The summed E-state index contributed by atoms with van der Waals surface area (Å²) in [6.07, 6.45) is 1.86. The lowest BCUT2D eigenvalue weighted by Crippen LogP contribution is -2.22. The monoisotopic (exact) mass is 338 g/mol. The molecule has 0 saturated heterocycles. The van der Waals surface area contributed by atoms with E-state index in [0.29, 0.717) is 23.7 Å². The van der Waals surface area contributed by atoms with Gasteiger partial charge in [-0.15, -0.1) is 0 Å². The molecule has 3 rings (SSSR count). The number of benzene rings is 2. The van der Waals surface area contributed by atoms with E-state index in [1.54, 1.807) is 0 Å². The highest BCUT2D eigenvalue weighted by atomic mass is 16.5. The van der Waals surface area contributed by atoms with Crippen LogP contribution in [0.15, 0.2) is 48.0 Å². The number of amides is 1. The van der Waals surface area contributed by atoms with Gasteiger partial charge in [0.15, 0.2) is 11.5 Å². The number of hydrogen-bond donors (Lipinski definition) is 1. The largest absolute Gasteiger partial charge is 0.490 e. The number of anilines is 2. The van der Waals surface area contributed by atoms with Crippen LogP contribution in [-0.2, 0) is 4.79 Å². The van der Waals surface area contributed by atoms with E-state index >= 15 is 0 Å². The lowest BCUT2D eigenvalue weighted by molar-refractivity contribution is -0.113. The van der Waals surface area contributed by atoms with Crippen molar-refractivity contribution in [3.8, 4) is 11.5 Å². The fourth-order valence-electron chi connectivity index (χ4n) is 2.75. The highest BCUT2D eigenvalue weighted by molar-refractivity contribution is 6.09. The van der Waals surface area contributed by atoms with E-state index in [2.05, 4.69) is 5.32 Å². The van der Waals surface area contributed by atoms with Gasteiger partial charge in [0.2, 0.25) is 0 Å². The van der Waals surface area contributed by atoms with Crippen LogP contribution in [-0.4, -0.2) is 33.2 Å². The molecule has 0 spiro atoms. The van der Waals surface area contributed by atoms with Crippen molar-refractivity contribution in [1.82, 2.24) is 0 Å². The summed E-state index contributed by atoms with van der Waals surface area (Å²) < 4.78 is 11.4. The third-order valence-electron chi connectivity index (χ3n) is 3.94. The second kappa shape index (κ2) is 7.30. The molecule has 1 N–H and O–H groups in total. The van der Waals surface area contributed by atoms with Crippen molar-refractivity contribution >= 4 is 23.4 Å². The first-order chi connectivity index (χ1) is 12.1. The van der Waals surface area contributed by atoms with Gasteiger partial charge in [-0.3, -0.25) is 4.79 Å². The van der Waals surface area contributed by atoms with Crippen LogP contribution in [0.1, 0.15) is 12.5 Å². The van der Waals surface area contributed by atoms with Gasteiger partial charge in [-0.2, -0.15) is 0 Å². The molecule has 5 heteroatoms. The van der Waals surface area contributed by atoms with Crippen molar-refractivity contribution in [3.05, 3.63) is 53.6 Å². The number of nitrogens with zero attached hydrogens (tertiary/aromatic N) is 1. The minimum atomic E-state index is -0.165. The van der Waals surface area contributed by atoms with Crippen LogP contribution in [0.2, 0.25) is 0 Å². The molecule has 0 fully saturated rings. The average molecular weight is 338 g/mol. The summed E-state index contributed by atoms with van der Waals surface area (Å²) in [4.78, 5) is 14.6. The molecule has 2 aromatic rings. The molecular formula is C20H22N2O3.